The molecule has 0 aliphatic carbocycles. The molecule has 0 fully saturated rings. The Morgan fingerprint density at radius 3 is 2.75 bits per heavy atom. The molecule has 0 saturated heterocycles. The minimum absolute atomic E-state index is 0. The number of benzene rings is 1. The number of anilines is 1. The third kappa shape index (κ3) is 1.69. The van der Waals surface area contributed by atoms with Gasteiger partial charge in [-0.1, -0.05) is 6.07 Å². The molecule has 1 aromatic carbocycles. The van der Waals surface area contributed by atoms with E-state index in [0.717, 1.165) is 16.5 Å². The summed E-state index contributed by atoms with van der Waals surface area (Å²) in [6, 6.07) is 7.74. The van der Waals surface area contributed by atoms with Gasteiger partial charge in [0.25, 0.3) is 0 Å². The molecule has 60 valence electrons. The summed E-state index contributed by atoms with van der Waals surface area (Å²) in [6.07, 6.45) is 3.59. The van der Waals surface area contributed by atoms with Gasteiger partial charge >= 0.3 is 23.9 Å². The Labute approximate surface area is 87.8 Å². The number of nitrogen functional groups attached to an aromatic ring is 1. The maximum atomic E-state index is 5.60. The fraction of sp³-hybridized carbons (Fsp3) is 0. The number of aromatic nitrogens is 1. The summed E-state index contributed by atoms with van der Waals surface area (Å²) in [4.78, 5) is 4.00. The van der Waals surface area contributed by atoms with Gasteiger partial charge in [0.15, 0.2) is 0 Å². The van der Waals surface area contributed by atoms with Crippen LogP contribution in [0.25, 0.3) is 10.8 Å². The fourth-order valence-corrected chi connectivity index (χ4v) is 1.10. The van der Waals surface area contributed by atoms with Crippen molar-refractivity contribution in [3.05, 3.63) is 36.7 Å². The first-order chi connectivity index (χ1) is 5.36. The van der Waals surface area contributed by atoms with Gasteiger partial charge in [-0.05, 0) is 23.6 Å². The Morgan fingerprint density at radius 1 is 1.08 bits per heavy atom. The Bertz CT molecular complexity index is 387. The topological polar surface area (TPSA) is 38.9 Å². The standard InChI is InChI=1S/C9H8N2.Sn.2H/c10-9-2-1-8-6-11-4-3-7(8)5-9;;;/h1-6H,10H2;;;. The Kier molecular flexibility index (Phi) is 2.92. The molecule has 3 heteroatoms. The van der Waals surface area contributed by atoms with Crippen LogP contribution in [0.3, 0.4) is 0 Å². The summed E-state index contributed by atoms with van der Waals surface area (Å²) < 4.78 is 0. The average molecular weight is 265 g/mol. The van der Waals surface area contributed by atoms with Gasteiger partial charge in [-0.25, -0.2) is 0 Å². The normalized spacial score (nSPS) is 9.33. The molecule has 0 saturated carbocycles. The molecule has 2 radical (unpaired) electrons. The van der Waals surface area contributed by atoms with Gasteiger partial charge in [-0.15, -0.1) is 0 Å². The summed E-state index contributed by atoms with van der Waals surface area (Å²) in [6.45, 7) is 0. The molecular formula is C9H10N2Sn. The van der Waals surface area contributed by atoms with Gasteiger partial charge in [0, 0.05) is 23.5 Å². The minimum atomic E-state index is 0. The van der Waals surface area contributed by atoms with Crippen LogP contribution >= 0.6 is 0 Å². The fourth-order valence-electron chi connectivity index (χ4n) is 1.10. The second kappa shape index (κ2) is 3.76. The molecule has 2 N–H and O–H groups in total. The van der Waals surface area contributed by atoms with Crippen molar-refractivity contribution in [1.82, 2.24) is 4.98 Å². The van der Waals surface area contributed by atoms with Crippen molar-refractivity contribution >= 4 is 40.4 Å². The van der Waals surface area contributed by atoms with Gasteiger partial charge in [0.2, 0.25) is 0 Å². The van der Waals surface area contributed by atoms with Crippen molar-refractivity contribution in [2.75, 3.05) is 5.73 Å². The van der Waals surface area contributed by atoms with Crippen LogP contribution in [0.4, 0.5) is 5.69 Å². The van der Waals surface area contributed by atoms with E-state index in [1.807, 2.05) is 30.5 Å². The zero-order chi connectivity index (χ0) is 7.68. The molecule has 0 aliphatic rings. The number of nitrogens with two attached hydrogens (primary N) is 1. The molecule has 1 heterocycles. The first kappa shape index (κ1) is 9.32. The Morgan fingerprint density at radius 2 is 1.92 bits per heavy atom. The van der Waals surface area contributed by atoms with Crippen LogP contribution < -0.4 is 5.73 Å². The zero-order valence-electron chi connectivity index (χ0n) is 6.70. The van der Waals surface area contributed by atoms with Crippen molar-refractivity contribution in [3.63, 3.8) is 0 Å². The number of pyridine rings is 1. The molecular weight excluding hydrogens is 255 g/mol. The summed E-state index contributed by atoms with van der Waals surface area (Å²) in [5.41, 5.74) is 6.40. The Balaban J connectivity index is 0.000000720. The predicted octanol–water partition coefficient (Wildman–Crippen LogP) is 0.901. The summed E-state index contributed by atoms with van der Waals surface area (Å²) in [5.74, 6) is 0. The van der Waals surface area contributed by atoms with Gasteiger partial charge in [-0.2, -0.15) is 0 Å². The van der Waals surface area contributed by atoms with E-state index in [1.165, 1.54) is 0 Å². The number of nitrogens with zero attached hydrogens (tertiary/aromatic N) is 1. The molecule has 0 unspecified atom stereocenters. The van der Waals surface area contributed by atoms with Gasteiger partial charge in [0.05, 0.1) is 0 Å². The van der Waals surface area contributed by atoms with E-state index in [-0.39, 0.29) is 23.9 Å². The molecule has 0 spiro atoms. The number of rotatable bonds is 0. The average Bonchev–Trinajstić information content (AvgIpc) is 2.04. The van der Waals surface area contributed by atoms with Gasteiger partial charge < -0.3 is 5.73 Å². The summed E-state index contributed by atoms with van der Waals surface area (Å²) in [5, 5.41) is 2.27. The number of fused-ring (bicyclic) bond motifs is 1. The first-order valence-corrected chi connectivity index (χ1v) is 3.45. The third-order valence-electron chi connectivity index (χ3n) is 1.66. The van der Waals surface area contributed by atoms with Crippen molar-refractivity contribution in [3.8, 4) is 0 Å². The molecule has 2 nitrogen and oxygen atoms in total. The van der Waals surface area contributed by atoms with E-state index < -0.39 is 0 Å². The quantitative estimate of drug-likeness (QED) is 0.567. The number of hydrogen-bond donors (Lipinski definition) is 1. The van der Waals surface area contributed by atoms with Crippen LogP contribution in [-0.2, 0) is 0 Å². The van der Waals surface area contributed by atoms with Crippen LogP contribution in [0.1, 0.15) is 0 Å². The molecule has 1 aromatic heterocycles. The third-order valence-corrected chi connectivity index (χ3v) is 1.66. The van der Waals surface area contributed by atoms with Crippen LogP contribution in [0, 0.1) is 0 Å². The first-order valence-electron chi connectivity index (χ1n) is 3.45. The van der Waals surface area contributed by atoms with E-state index in [2.05, 4.69) is 4.98 Å². The zero-order valence-corrected chi connectivity index (χ0v) is 10.7. The summed E-state index contributed by atoms with van der Waals surface area (Å²) >= 11 is 0. The van der Waals surface area contributed by atoms with Crippen LogP contribution in [0.15, 0.2) is 36.7 Å². The molecule has 12 heavy (non-hydrogen) atoms. The molecule has 0 atom stereocenters. The second-order valence-corrected chi connectivity index (χ2v) is 2.48. The SMILES string of the molecule is Nc1ccc2cnccc2c1.[SnH2]. The van der Waals surface area contributed by atoms with Crippen molar-refractivity contribution in [2.45, 2.75) is 0 Å². The molecule has 0 bridgehead atoms. The van der Waals surface area contributed by atoms with Gasteiger partial charge in [-0.3, -0.25) is 4.98 Å². The van der Waals surface area contributed by atoms with Crippen molar-refractivity contribution in [2.24, 2.45) is 0 Å². The van der Waals surface area contributed by atoms with Crippen LogP contribution in [0.2, 0.25) is 0 Å². The van der Waals surface area contributed by atoms with E-state index in [1.54, 1.807) is 6.20 Å². The van der Waals surface area contributed by atoms with Crippen molar-refractivity contribution < 1.29 is 0 Å². The number of hydrogen-bond acceptors (Lipinski definition) is 2. The molecule has 0 aliphatic heterocycles. The van der Waals surface area contributed by atoms with Crippen LogP contribution in [0.5, 0.6) is 0 Å². The van der Waals surface area contributed by atoms with E-state index in [4.69, 9.17) is 5.73 Å². The monoisotopic (exact) mass is 266 g/mol. The van der Waals surface area contributed by atoms with E-state index in [9.17, 15) is 0 Å². The molecule has 2 rings (SSSR count). The Hall–Kier alpha value is -0.771. The second-order valence-electron chi connectivity index (χ2n) is 2.48. The molecule has 2 aromatic rings. The van der Waals surface area contributed by atoms with Crippen molar-refractivity contribution in [1.29, 1.82) is 0 Å². The maximum absolute atomic E-state index is 5.60. The summed E-state index contributed by atoms with van der Waals surface area (Å²) in [7, 11) is 0. The predicted molar refractivity (Wildman–Crippen MR) is 54.7 cm³/mol. The molecule has 0 amide bonds. The van der Waals surface area contributed by atoms with E-state index >= 15 is 0 Å². The van der Waals surface area contributed by atoms with Crippen LogP contribution in [-0.4, -0.2) is 28.9 Å². The van der Waals surface area contributed by atoms with Gasteiger partial charge in [0.1, 0.15) is 0 Å². The van der Waals surface area contributed by atoms with E-state index in [0.29, 0.717) is 0 Å².